The molecular formula is C21H28O2. The number of carbonyl (C=O) groups excluding carboxylic acids is 1. The SMILES string of the molecule is CCOC1=CC2=CC[C@@H]3C(=CC[C@]4(C)C(=O)CC[C@@H]34)[C@@]2(C)CC1. The van der Waals surface area contributed by atoms with E-state index in [1.165, 1.54) is 5.57 Å². The van der Waals surface area contributed by atoms with E-state index in [2.05, 4.69) is 39.0 Å². The molecule has 0 bridgehead atoms. The summed E-state index contributed by atoms with van der Waals surface area (Å²) in [6.07, 6.45) is 13.3. The second-order valence-electron chi connectivity index (χ2n) is 8.23. The van der Waals surface area contributed by atoms with E-state index in [0.717, 1.165) is 50.9 Å². The Labute approximate surface area is 139 Å². The Bertz CT molecular complexity index is 638. The molecule has 1 fully saturated rings. The molecule has 2 nitrogen and oxygen atoms in total. The average molecular weight is 312 g/mol. The van der Waals surface area contributed by atoms with Gasteiger partial charge in [-0.05, 0) is 56.1 Å². The minimum Gasteiger partial charge on any atom is -0.498 e. The van der Waals surface area contributed by atoms with Crippen LogP contribution >= 0.6 is 0 Å². The molecule has 4 rings (SSSR count). The zero-order valence-corrected chi connectivity index (χ0v) is 14.7. The summed E-state index contributed by atoms with van der Waals surface area (Å²) in [4.78, 5) is 12.4. The summed E-state index contributed by atoms with van der Waals surface area (Å²) >= 11 is 0. The van der Waals surface area contributed by atoms with Crippen LogP contribution in [0, 0.1) is 22.7 Å². The maximum atomic E-state index is 12.4. The van der Waals surface area contributed by atoms with E-state index in [-0.39, 0.29) is 10.8 Å². The van der Waals surface area contributed by atoms with E-state index in [4.69, 9.17) is 4.74 Å². The summed E-state index contributed by atoms with van der Waals surface area (Å²) in [5, 5.41) is 0. The van der Waals surface area contributed by atoms with Crippen molar-refractivity contribution in [3.63, 3.8) is 0 Å². The van der Waals surface area contributed by atoms with Crippen molar-refractivity contribution in [3.05, 3.63) is 35.1 Å². The normalized spacial score (nSPS) is 42.0. The van der Waals surface area contributed by atoms with Gasteiger partial charge in [0.25, 0.3) is 0 Å². The second kappa shape index (κ2) is 5.09. The van der Waals surface area contributed by atoms with Crippen LogP contribution in [0.4, 0.5) is 0 Å². The average Bonchev–Trinajstić information content (AvgIpc) is 2.84. The summed E-state index contributed by atoms with van der Waals surface area (Å²) in [6, 6.07) is 0. The highest BCUT2D eigenvalue weighted by Crippen LogP contribution is 2.61. The fraction of sp³-hybridized carbons (Fsp3) is 0.667. The summed E-state index contributed by atoms with van der Waals surface area (Å²) in [5.41, 5.74) is 3.15. The number of hydrogen-bond donors (Lipinski definition) is 0. The van der Waals surface area contributed by atoms with Gasteiger partial charge in [-0.15, -0.1) is 0 Å². The van der Waals surface area contributed by atoms with E-state index in [9.17, 15) is 4.79 Å². The smallest absolute Gasteiger partial charge is 0.139 e. The third kappa shape index (κ3) is 2.03. The van der Waals surface area contributed by atoms with E-state index in [1.54, 1.807) is 5.57 Å². The standard InChI is InChI=1S/C21H28O2/c1-4-23-15-9-11-20(2)14(13-15)5-6-16-17-7-8-19(22)21(17,3)12-10-18(16)20/h5,10,13,16-17H,4,6-9,11-12H2,1-3H3/t16-,17-,20-,21-/m0/s1. The third-order valence-electron chi connectivity index (χ3n) is 7.15. The molecule has 0 aromatic carbocycles. The van der Waals surface area contributed by atoms with Crippen molar-refractivity contribution in [2.45, 2.75) is 59.3 Å². The molecule has 0 saturated heterocycles. The highest BCUT2D eigenvalue weighted by atomic mass is 16.5. The van der Waals surface area contributed by atoms with Gasteiger partial charge in [-0.25, -0.2) is 0 Å². The maximum Gasteiger partial charge on any atom is 0.139 e. The van der Waals surface area contributed by atoms with Gasteiger partial charge in [0.1, 0.15) is 5.78 Å². The van der Waals surface area contributed by atoms with Gasteiger partial charge in [0, 0.05) is 23.7 Å². The first-order valence-corrected chi connectivity index (χ1v) is 9.27. The molecule has 4 aliphatic rings. The van der Waals surface area contributed by atoms with Crippen molar-refractivity contribution >= 4 is 5.78 Å². The molecule has 124 valence electrons. The lowest BCUT2D eigenvalue weighted by molar-refractivity contribution is -0.127. The van der Waals surface area contributed by atoms with Gasteiger partial charge in [0.2, 0.25) is 0 Å². The van der Waals surface area contributed by atoms with Crippen molar-refractivity contribution < 1.29 is 9.53 Å². The van der Waals surface area contributed by atoms with Gasteiger partial charge < -0.3 is 4.74 Å². The highest BCUT2D eigenvalue weighted by molar-refractivity contribution is 5.87. The van der Waals surface area contributed by atoms with Crippen LogP contribution in [0.2, 0.25) is 0 Å². The topological polar surface area (TPSA) is 26.3 Å². The highest BCUT2D eigenvalue weighted by Gasteiger charge is 2.55. The Morgan fingerprint density at radius 2 is 2.09 bits per heavy atom. The summed E-state index contributed by atoms with van der Waals surface area (Å²) in [5.74, 6) is 2.78. The molecule has 0 heterocycles. The zero-order valence-electron chi connectivity index (χ0n) is 14.7. The van der Waals surface area contributed by atoms with Crippen molar-refractivity contribution in [2.24, 2.45) is 22.7 Å². The lowest BCUT2D eigenvalue weighted by atomic mass is 9.53. The third-order valence-corrected chi connectivity index (χ3v) is 7.15. The number of carbonyl (C=O) groups is 1. The Kier molecular flexibility index (Phi) is 3.37. The lowest BCUT2D eigenvalue weighted by Gasteiger charge is -2.50. The molecule has 0 N–H and O–H groups in total. The Morgan fingerprint density at radius 3 is 2.87 bits per heavy atom. The minimum absolute atomic E-state index is 0.0865. The summed E-state index contributed by atoms with van der Waals surface area (Å²) in [7, 11) is 0. The molecule has 0 unspecified atom stereocenters. The van der Waals surface area contributed by atoms with Crippen LogP contribution in [0.1, 0.15) is 59.3 Å². The fourth-order valence-electron chi connectivity index (χ4n) is 5.69. The number of allylic oxidation sites excluding steroid dienone is 6. The lowest BCUT2D eigenvalue weighted by Crippen LogP contribution is -2.43. The Hall–Kier alpha value is -1.31. The monoisotopic (exact) mass is 312 g/mol. The van der Waals surface area contributed by atoms with Crippen LogP contribution in [0.5, 0.6) is 0 Å². The van der Waals surface area contributed by atoms with Crippen molar-refractivity contribution in [3.8, 4) is 0 Å². The number of hydrogen-bond acceptors (Lipinski definition) is 2. The number of ketones is 1. The van der Waals surface area contributed by atoms with Crippen LogP contribution in [0.15, 0.2) is 35.1 Å². The van der Waals surface area contributed by atoms with Gasteiger partial charge in [-0.1, -0.05) is 31.6 Å². The molecule has 2 heteroatoms. The van der Waals surface area contributed by atoms with Crippen LogP contribution in [-0.4, -0.2) is 12.4 Å². The number of Topliss-reactive ketones (excluding diaryl/α,β-unsaturated/α-hetero) is 1. The van der Waals surface area contributed by atoms with E-state index >= 15 is 0 Å². The molecule has 4 aliphatic carbocycles. The van der Waals surface area contributed by atoms with Crippen LogP contribution in [0.3, 0.4) is 0 Å². The van der Waals surface area contributed by atoms with Crippen molar-refractivity contribution in [1.82, 2.24) is 0 Å². The number of rotatable bonds is 2. The van der Waals surface area contributed by atoms with Gasteiger partial charge >= 0.3 is 0 Å². The van der Waals surface area contributed by atoms with Gasteiger partial charge in [-0.3, -0.25) is 4.79 Å². The predicted molar refractivity (Wildman–Crippen MR) is 91.8 cm³/mol. The molecule has 0 aromatic heterocycles. The first-order valence-electron chi connectivity index (χ1n) is 9.27. The maximum absolute atomic E-state index is 12.4. The van der Waals surface area contributed by atoms with Crippen LogP contribution in [0.25, 0.3) is 0 Å². The molecule has 23 heavy (non-hydrogen) atoms. The molecule has 0 aromatic rings. The Morgan fingerprint density at radius 1 is 1.26 bits per heavy atom. The van der Waals surface area contributed by atoms with Gasteiger partial charge in [0.15, 0.2) is 0 Å². The number of fused-ring (bicyclic) bond motifs is 5. The molecular weight excluding hydrogens is 284 g/mol. The predicted octanol–water partition coefficient (Wildman–Crippen LogP) is 4.97. The number of ether oxygens (including phenoxy) is 1. The van der Waals surface area contributed by atoms with Gasteiger partial charge in [-0.2, -0.15) is 0 Å². The molecule has 4 atom stereocenters. The minimum atomic E-state index is -0.0865. The van der Waals surface area contributed by atoms with E-state index < -0.39 is 0 Å². The first-order chi connectivity index (χ1) is 11.0. The van der Waals surface area contributed by atoms with E-state index in [0.29, 0.717) is 17.6 Å². The summed E-state index contributed by atoms with van der Waals surface area (Å²) in [6.45, 7) is 7.44. The summed E-state index contributed by atoms with van der Waals surface area (Å²) < 4.78 is 5.77. The molecule has 1 saturated carbocycles. The second-order valence-corrected chi connectivity index (χ2v) is 8.23. The largest absolute Gasteiger partial charge is 0.498 e. The van der Waals surface area contributed by atoms with Crippen LogP contribution in [-0.2, 0) is 9.53 Å². The molecule has 0 aliphatic heterocycles. The molecule has 0 radical (unpaired) electrons. The zero-order chi connectivity index (χ0) is 16.2. The van der Waals surface area contributed by atoms with Gasteiger partial charge in [0.05, 0.1) is 12.4 Å². The Balaban J connectivity index is 1.72. The van der Waals surface area contributed by atoms with Crippen LogP contribution < -0.4 is 0 Å². The van der Waals surface area contributed by atoms with Crippen molar-refractivity contribution in [1.29, 1.82) is 0 Å². The van der Waals surface area contributed by atoms with E-state index in [1.807, 2.05) is 0 Å². The van der Waals surface area contributed by atoms with Crippen molar-refractivity contribution in [2.75, 3.05) is 6.61 Å². The molecule has 0 amide bonds. The quantitative estimate of drug-likeness (QED) is 0.673. The molecule has 0 spiro atoms. The fourth-order valence-corrected chi connectivity index (χ4v) is 5.69. The first kappa shape index (κ1) is 15.2.